The van der Waals surface area contributed by atoms with Crippen molar-refractivity contribution in [3.63, 3.8) is 0 Å². The van der Waals surface area contributed by atoms with Crippen LogP contribution in [0.1, 0.15) is 55.0 Å². The highest BCUT2D eigenvalue weighted by Gasteiger charge is 2.36. The Bertz CT molecular complexity index is 1010. The Morgan fingerprint density at radius 2 is 1.91 bits per heavy atom. The van der Waals surface area contributed by atoms with Crippen molar-refractivity contribution in [1.29, 1.82) is 0 Å². The van der Waals surface area contributed by atoms with Crippen LogP contribution in [0.25, 0.3) is 0 Å². The van der Waals surface area contributed by atoms with Crippen LogP contribution in [0.5, 0.6) is 5.75 Å². The van der Waals surface area contributed by atoms with Gasteiger partial charge in [-0.15, -0.1) is 11.3 Å². The molecule has 1 aromatic carbocycles. The van der Waals surface area contributed by atoms with Gasteiger partial charge in [0.1, 0.15) is 18.2 Å². The summed E-state index contributed by atoms with van der Waals surface area (Å²) in [5.74, 6) is 0.312. The molecule has 2 atom stereocenters. The van der Waals surface area contributed by atoms with E-state index in [1.54, 1.807) is 28.4 Å². The molecule has 1 saturated heterocycles. The molecule has 188 valence electrons. The molecule has 2 unspecified atom stereocenters. The van der Waals surface area contributed by atoms with Gasteiger partial charge in [0.2, 0.25) is 11.8 Å². The Balaban J connectivity index is 1.31. The van der Waals surface area contributed by atoms with Gasteiger partial charge >= 0.3 is 0 Å². The minimum atomic E-state index is -0.315. The van der Waals surface area contributed by atoms with Gasteiger partial charge in [-0.2, -0.15) is 0 Å². The van der Waals surface area contributed by atoms with E-state index in [0.29, 0.717) is 18.8 Å². The van der Waals surface area contributed by atoms with Crippen molar-refractivity contribution in [2.24, 2.45) is 5.92 Å². The second-order valence-electron chi connectivity index (χ2n) is 9.75. The second kappa shape index (κ2) is 11.1. The number of carbonyl (C=O) groups is 2. The summed E-state index contributed by atoms with van der Waals surface area (Å²) in [7, 11) is 0. The van der Waals surface area contributed by atoms with Gasteiger partial charge in [-0.1, -0.05) is 12.8 Å². The summed E-state index contributed by atoms with van der Waals surface area (Å²) in [5.41, 5.74) is 1.10. The third-order valence-electron chi connectivity index (χ3n) is 7.43. The number of nitrogens with zero attached hydrogens (tertiary/aromatic N) is 2. The predicted octanol–water partition coefficient (Wildman–Crippen LogP) is 4.59. The molecule has 5 rings (SSSR count). The number of halogens is 1. The fraction of sp³-hybridized carbons (Fsp3) is 0.556. The average molecular weight is 501 g/mol. The van der Waals surface area contributed by atoms with Crippen LogP contribution >= 0.6 is 11.3 Å². The summed E-state index contributed by atoms with van der Waals surface area (Å²) in [4.78, 5) is 32.0. The van der Waals surface area contributed by atoms with Crippen molar-refractivity contribution < 1.29 is 23.5 Å². The van der Waals surface area contributed by atoms with E-state index in [1.807, 2.05) is 4.90 Å². The van der Waals surface area contributed by atoms with Crippen LogP contribution in [-0.4, -0.2) is 60.6 Å². The van der Waals surface area contributed by atoms with E-state index in [9.17, 15) is 14.0 Å². The number of benzene rings is 1. The van der Waals surface area contributed by atoms with Crippen molar-refractivity contribution >= 4 is 23.2 Å². The molecule has 1 aliphatic carbocycles. The van der Waals surface area contributed by atoms with Gasteiger partial charge in [0.15, 0.2) is 0 Å². The zero-order chi connectivity index (χ0) is 24.2. The molecule has 8 heteroatoms. The largest absolute Gasteiger partial charge is 0.491 e. The smallest absolute Gasteiger partial charge is 0.242 e. The molecule has 2 amide bonds. The third-order valence-corrected chi connectivity index (χ3v) is 8.42. The van der Waals surface area contributed by atoms with Crippen molar-refractivity contribution in [1.82, 2.24) is 9.80 Å². The van der Waals surface area contributed by atoms with Crippen molar-refractivity contribution in [2.45, 2.75) is 57.1 Å². The first-order valence-electron chi connectivity index (χ1n) is 12.7. The van der Waals surface area contributed by atoms with E-state index in [2.05, 4.69) is 11.4 Å². The molecule has 3 aliphatic rings. The summed E-state index contributed by atoms with van der Waals surface area (Å²) in [6.45, 7) is 2.15. The monoisotopic (exact) mass is 500 g/mol. The molecular weight excluding hydrogens is 467 g/mol. The van der Waals surface area contributed by atoms with E-state index >= 15 is 0 Å². The normalized spacial score (nSPS) is 22.3. The summed E-state index contributed by atoms with van der Waals surface area (Å²) in [6.07, 6.45) is 6.71. The first-order chi connectivity index (χ1) is 17.1. The van der Waals surface area contributed by atoms with Gasteiger partial charge < -0.3 is 19.3 Å². The molecule has 0 bridgehead atoms. The number of ether oxygens (including phenoxy) is 2. The maximum atomic E-state index is 13.7. The van der Waals surface area contributed by atoms with Crippen LogP contribution < -0.4 is 4.74 Å². The van der Waals surface area contributed by atoms with E-state index in [4.69, 9.17) is 9.47 Å². The summed E-state index contributed by atoms with van der Waals surface area (Å²) in [6, 6.07) is 7.75. The number of thiophene rings is 1. The van der Waals surface area contributed by atoms with E-state index in [-0.39, 0.29) is 48.8 Å². The molecule has 0 N–H and O–H groups in total. The van der Waals surface area contributed by atoms with E-state index in [1.165, 1.54) is 17.0 Å². The van der Waals surface area contributed by atoms with E-state index < -0.39 is 0 Å². The Labute approximate surface area is 210 Å². The van der Waals surface area contributed by atoms with E-state index in [0.717, 1.165) is 57.1 Å². The lowest BCUT2D eigenvalue weighted by atomic mass is 10.00. The molecule has 6 nitrogen and oxygen atoms in total. The molecule has 0 spiro atoms. The molecule has 35 heavy (non-hydrogen) atoms. The number of amides is 2. The lowest BCUT2D eigenvalue weighted by Gasteiger charge is -2.37. The minimum Gasteiger partial charge on any atom is -0.491 e. The quantitative estimate of drug-likeness (QED) is 0.532. The van der Waals surface area contributed by atoms with Gasteiger partial charge in [-0.3, -0.25) is 9.59 Å². The van der Waals surface area contributed by atoms with Crippen LogP contribution in [0.3, 0.4) is 0 Å². The molecule has 2 aromatic rings. The number of hydrogen-bond acceptors (Lipinski definition) is 5. The molecule has 1 saturated carbocycles. The maximum Gasteiger partial charge on any atom is 0.242 e. The lowest BCUT2D eigenvalue weighted by Crippen LogP contribution is -2.50. The number of fused-ring (bicyclic) bond motifs is 1. The molecular formula is C27H33FN2O4S. The average Bonchev–Trinajstić information content (AvgIpc) is 3.65. The molecule has 1 aromatic heterocycles. The zero-order valence-corrected chi connectivity index (χ0v) is 20.8. The molecule has 3 heterocycles. The minimum absolute atomic E-state index is 0.00981. The van der Waals surface area contributed by atoms with Gasteiger partial charge in [-0.25, -0.2) is 4.39 Å². The van der Waals surface area contributed by atoms with Crippen LogP contribution in [0.4, 0.5) is 4.39 Å². The van der Waals surface area contributed by atoms with Crippen LogP contribution in [0, 0.1) is 11.7 Å². The highest BCUT2D eigenvalue weighted by molar-refractivity contribution is 7.10. The first-order valence-corrected chi connectivity index (χ1v) is 13.6. The maximum absolute atomic E-state index is 13.7. The standard InChI is InChI=1S/C27H33FN2O4S/c28-20-7-9-21(10-8-20)34-18-24-23-12-15-35-25(23)11-13-30(24)26(31)17-29(16-22-6-3-14-33-22)27(32)19-4-1-2-5-19/h7-10,12,15,19,22,24H,1-6,11,13-14,16-18H2. The lowest BCUT2D eigenvalue weighted by molar-refractivity contribution is -0.146. The number of hydrogen-bond donors (Lipinski definition) is 0. The fourth-order valence-electron chi connectivity index (χ4n) is 5.53. The summed E-state index contributed by atoms with van der Waals surface area (Å²) >= 11 is 1.70. The Morgan fingerprint density at radius 1 is 1.11 bits per heavy atom. The highest BCUT2D eigenvalue weighted by Crippen LogP contribution is 2.34. The third kappa shape index (κ3) is 5.70. The second-order valence-corrected chi connectivity index (χ2v) is 10.8. The topological polar surface area (TPSA) is 59.1 Å². The van der Waals surface area contributed by atoms with Crippen molar-refractivity contribution in [2.75, 3.05) is 32.8 Å². The van der Waals surface area contributed by atoms with Crippen LogP contribution in [-0.2, 0) is 20.7 Å². The van der Waals surface area contributed by atoms with Crippen LogP contribution in [0.15, 0.2) is 35.7 Å². The van der Waals surface area contributed by atoms with Gasteiger partial charge in [0.05, 0.1) is 18.7 Å². The molecule has 0 radical (unpaired) electrons. The Kier molecular flexibility index (Phi) is 7.68. The SMILES string of the molecule is O=C(C1CCCC1)N(CC(=O)N1CCc2sccc2C1COc1ccc(F)cc1)CC1CCCO1. The molecule has 2 fully saturated rings. The summed E-state index contributed by atoms with van der Waals surface area (Å²) in [5, 5.41) is 2.05. The van der Waals surface area contributed by atoms with Crippen molar-refractivity contribution in [3.05, 3.63) is 52.0 Å². The number of carbonyl (C=O) groups excluding carboxylic acids is 2. The zero-order valence-electron chi connectivity index (χ0n) is 20.0. The van der Waals surface area contributed by atoms with Gasteiger partial charge in [-0.05, 0) is 73.4 Å². The Morgan fingerprint density at radius 3 is 2.66 bits per heavy atom. The van der Waals surface area contributed by atoms with Gasteiger partial charge in [0, 0.05) is 30.5 Å². The first kappa shape index (κ1) is 24.3. The fourth-order valence-corrected chi connectivity index (χ4v) is 6.46. The predicted molar refractivity (Wildman–Crippen MR) is 132 cm³/mol. The molecule has 2 aliphatic heterocycles. The van der Waals surface area contributed by atoms with Crippen molar-refractivity contribution in [3.8, 4) is 5.75 Å². The van der Waals surface area contributed by atoms with Crippen LogP contribution in [0.2, 0.25) is 0 Å². The summed E-state index contributed by atoms with van der Waals surface area (Å²) < 4.78 is 25.1. The highest BCUT2D eigenvalue weighted by atomic mass is 32.1. The van der Waals surface area contributed by atoms with Gasteiger partial charge in [0.25, 0.3) is 0 Å². The Hall–Kier alpha value is -2.45. The number of rotatable bonds is 8.